The summed E-state index contributed by atoms with van der Waals surface area (Å²) in [6.45, 7) is 3.79. The standard InChI is InChI=1S/C12H25N3O2/c1-13-11(12(16)17)9-15-6-4-10(5-7-15)8-14(2)3/h10-11,13H,4-9H2,1-3H3,(H,16,17). The number of nitrogens with one attached hydrogen (secondary N) is 1. The number of carbonyl (C=O) groups is 1. The van der Waals surface area contributed by atoms with Crippen LogP contribution >= 0.6 is 0 Å². The van der Waals surface area contributed by atoms with Gasteiger partial charge >= 0.3 is 5.97 Å². The maximum atomic E-state index is 10.9. The summed E-state index contributed by atoms with van der Waals surface area (Å²) in [5.74, 6) is 0.00188. The normalized spacial score (nSPS) is 20.7. The Labute approximate surface area is 104 Å². The zero-order valence-electron chi connectivity index (χ0n) is 11.1. The van der Waals surface area contributed by atoms with Gasteiger partial charge in [0, 0.05) is 13.1 Å². The highest BCUT2D eigenvalue weighted by Gasteiger charge is 2.24. The smallest absolute Gasteiger partial charge is 0.322 e. The van der Waals surface area contributed by atoms with Crippen molar-refractivity contribution in [1.82, 2.24) is 15.1 Å². The van der Waals surface area contributed by atoms with E-state index in [9.17, 15) is 4.79 Å². The molecule has 1 aliphatic heterocycles. The molecule has 0 aromatic rings. The summed E-state index contributed by atoms with van der Waals surface area (Å²) >= 11 is 0. The first-order chi connectivity index (χ1) is 8.02. The first kappa shape index (κ1) is 14.4. The Bertz CT molecular complexity index is 238. The van der Waals surface area contributed by atoms with E-state index in [0.717, 1.165) is 25.6 Å². The molecular weight excluding hydrogens is 218 g/mol. The molecule has 1 saturated heterocycles. The van der Waals surface area contributed by atoms with Gasteiger partial charge in [-0.05, 0) is 53.0 Å². The monoisotopic (exact) mass is 243 g/mol. The highest BCUT2D eigenvalue weighted by atomic mass is 16.4. The topological polar surface area (TPSA) is 55.8 Å². The van der Waals surface area contributed by atoms with E-state index in [1.165, 1.54) is 12.8 Å². The van der Waals surface area contributed by atoms with Crippen molar-refractivity contribution in [3.05, 3.63) is 0 Å². The number of piperidine rings is 1. The first-order valence-corrected chi connectivity index (χ1v) is 6.30. The van der Waals surface area contributed by atoms with Crippen LogP contribution in [0.5, 0.6) is 0 Å². The van der Waals surface area contributed by atoms with Crippen molar-refractivity contribution in [2.45, 2.75) is 18.9 Å². The van der Waals surface area contributed by atoms with E-state index in [2.05, 4.69) is 29.2 Å². The van der Waals surface area contributed by atoms with Crippen molar-refractivity contribution in [1.29, 1.82) is 0 Å². The maximum absolute atomic E-state index is 10.9. The molecule has 1 atom stereocenters. The molecule has 1 heterocycles. The van der Waals surface area contributed by atoms with Crippen molar-refractivity contribution in [3.8, 4) is 0 Å². The van der Waals surface area contributed by atoms with Crippen LogP contribution in [0.15, 0.2) is 0 Å². The van der Waals surface area contributed by atoms with Gasteiger partial charge in [-0.2, -0.15) is 0 Å². The number of carboxylic acids is 1. The lowest BCUT2D eigenvalue weighted by molar-refractivity contribution is -0.139. The van der Waals surface area contributed by atoms with Gasteiger partial charge in [0.2, 0.25) is 0 Å². The second-order valence-corrected chi connectivity index (χ2v) is 5.19. The minimum Gasteiger partial charge on any atom is -0.480 e. The molecule has 0 aliphatic carbocycles. The fraction of sp³-hybridized carbons (Fsp3) is 0.917. The fourth-order valence-corrected chi connectivity index (χ4v) is 2.42. The van der Waals surface area contributed by atoms with Gasteiger partial charge in [0.25, 0.3) is 0 Å². The van der Waals surface area contributed by atoms with Crippen LogP contribution < -0.4 is 5.32 Å². The van der Waals surface area contributed by atoms with E-state index in [4.69, 9.17) is 5.11 Å². The molecule has 0 aromatic heterocycles. The fourth-order valence-electron chi connectivity index (χ4n) is 2.42. The van der Waals surface area contributed by atoms with Gasteiger partial charge < -0.3 is 20.2 Å². The van der Waals surface area contributed by atoms with Gasteiger partial charge in [-0.15, -0.1) is 0 Å². The molecule has 0 bridgehead atoms. The van der Waals surface area contributed by atoms with Crippen molar-refractivity contribution in [2.75, 3.05) is 47.3 Å². The summed E-state index contributed by atoms with van der Waals surface area (Å²) < 4.78 is 0. The Morgan fingerprint density at radius 3 is 2.47 bits per heavy atom. The SMILES string of the molecule is CNC(CN1CCC(CN(C)C)CC1)C(=O)O. The Morgan fingerprint density at radius 1 is 1.47 bits per heavy atom. The molecule has 17 heavy (non-hydrogen) atoms. The van der Waals surface area contributed by atoms with E-state index >= 15 is 0 Å². The average molecular weight is 243 g/mol. The van der Waals surface area contributed by atoms with Crippen LogP contribution in [0.25, 0.3) is 0 Å². The quantitative estimate of drug-likeness (QED) is 0.684. The van der Waals surface area contributed by atoms with Crippen LogP contribution in [0.4, 0.5) is 0 Å². The van der Waals surface area contributed by atoms with E-state index in [1.807, 2.05) is 0 Å². The molecule has 0 saturated carbocycles. The predicted molar refractivity (Wildman–Crippen MR) is 68.2 cm³/mol. The molecule has 1 rings (SSSR count). The third kappa shape index (κ3) is 5.02. The molecule has 1 aliphatic rings. The van der Waals surface area contributed by atoms with Gasteiger partial charge in [0.05, 0.1) is 0 Å². The number of likely N-dealkylation sites (tertiary alicyclic amines) is 1. The van der Waals surface area contributed by atoms with Crippen molar-refractivity contribution < 1.29 is 9.90 Å². The number of aliphatic carboxylic acids is 1. The lowest BCUT2D eigenvalue weighted by Gasteiger charge is -2.34. The summed E-state index contributed by atoms with van der Waals surface area (Å²) in [4.78, 5) is 15.4. The Morgan fingerprint density at radius 2 is 2.06 bits per heavy atom. The minimum absolute atomic E-state index is 0.444. The van der Waals surface area contributed by atoms with Gasteiger partial charge in [-0.1, -0.05) is 0 Å². The summed E-state index contributed by atoms with van der Waals surface area (Å²) in [5.41, 5.74) is 0. The molecule has 100 valence electrons. The van der Waals surface area contributed by atoms with Crippen LogP contribution in [0, 0.1) is 5.92 Å². The Hall–Kier alpha value is -0.650. The van der Waals surface area contributed by atoms with Gasteiger partial charge in [0.1, 0.15) is 6.04 Å². The third-order valence-corrected chi connectivity index (χ3v) is 3.42. The first-order valence-electron chi connectivity index (χ1n) is 6.30. The van der Waals surface area contributed by atoms with Crippen LogP contribution in [-0.4, -0.2) is 74.2 Å². The molecule has 1 unspecified atom stereocenters. The highest BCUT2D eigenvalue weighted by molar-refractivity contribution is 5.73. The van der Waals surface area contributed by atoms with Crippen molar-refractivity contribution >= 4 is 5.97 Å². The van der Waals surface area contributed by atoms with E-state index in [-0.39, 0.29) is 0 Å². The molecular formula is C12H25N3O2. The molecule has 0 aromatic carbocycles. The van der Waals surface area contributed by atoms with Crippen LogP contribution in [0.3, 0.4) is 0 Å². The third-order valence-electron chi connectivity index (χ3n) is 3.42. The largest absolute Gasteiger partial charge is 0.480 e. The molecule has 5 heteroatoms. The zero-order chi connectivity index (χ0) is 12.8. The van der Waals surface area contributed by atoms with Crippen LogP contribution in [0.1, 0.15) is 12.8 Å². The maximum Gasteiger partial charge on any atom is 0.322 e. The van der Waals surface area contributed by atoms with E-state index < -0.39 is 12.0 Å². The minimum atomic E-state index is -0.761. The second kappa shape index (κ2) is 6.93. The summed E-state index contributed by atoms with van der Waals surface area (Å²) in [7, 11) is 5.92. The molecule has 0 radical (unpaired) electrons. The molecule has 0 spiro atoms. The number of hydrogen-bond acceptors (Lipinski definition) is 4. The molecule has 2 N–H and O–H groups in total. The highest BCUT2D eigenvalue weighted by Crippen LogP contribution is 2.17. The summed E-state index contributed by atoms with van der Waals surface area (Å²) in [6, 6.07) is -0.444. The summed E-state index contributed by atoms with van der Waals surface area (Å²) in [6.07, 6.45) is 2.35. The number of likely N-dealkylation sites (N-methyl/N-ethyl adjacent to an activating group) is 1. The van der Waals surface area contributed by atoms with E-state index in [1.54, 1.807) is 7.05 Å². The van der Waals surface area contributed by atoms with Gasteiger partial charge in [-0.25, -0.2) is 0 Å². The Kier molecular flexibility index (Phi) is 5.88. The number of hydrogen-bond donors (Lipinski definition) is 2. The molecule has 1 fully saturated rings. The lowest BCUT2D eigenvalue weighted by atomic mass is 9.96. The van der Waals surface area contributed by atoms with Gasteiger partial charge in [0.15, 0.2) is 0 Å². The van der Waals surface area contributed by atoms with Crippen LogP contribution in [0.2, 0.25) is 0 Å². The van der Waals surface area contributed by atoms with Crippen LogP contribution in [-0.2, 0) is 4.79 Å². The number of rotatable bonds is 6. The predicted octanol–water partition coefficient (Wildman–Crippen LogP) is -0.0674. The van der Waals surface area contributed by atoms with Crippen molar-refractivity contribution in [3.63, 3.8) is 0 Å². The molecule has 0 amide bonds. The summed E-state index contributed by atoms with van der Waals surface area (Å²) in [5, 5.41) is 11.8. The van der Waals surface area contributed by atoms with Crippen molar-refractivity contribution in [2.24, 2.45) is 5.92 Å². The van der Waals surface area contributed by atoms with E-state index in [0.29, 0.717) is 6.54 Å². The second-order valence-electron chi connectivity index (χ2n) is 5.19. The Balaban J connectivity index is 2.29. The van der Waals surface area contributed by atoms with Gasteiger partial charge in [-0.3, -0.25) is 4.79 Å². The molecule has 5 nitrogen and oxygen atoms in total. The zero-order valence-corrected chi connectivity index (χ0v) is 11.1. The lowest BCUT2D eigenvalue weighted by Crippen LogP contribution is -2.47. The number of carboxylic acid groups (broad SMARTS) is 1. The number of nitrogens with zero attached hydrogens (tertiary/aromatic N) is 2. The average Bonchev–Trinajstić information content (AvgIpc) is 2.26.